The first-order valence-electron chi connectivity index (χ1n) is 9.38. The van der Waals surface area contributed by atoms with Gasteiger partial charge in [0.1, 0.15) is 12.2 Å². The van der Waals surface area contributed by atoms with E-state index in [1.165, 1.54) is 25.7 Å². The van der Waals surface area contributed by atoms with Crippen molar-refractivity contribution in [2.24, 2.45) is 4.99 Å². The fourth-order valence-corrected chi connectivity index (χ4v) is 3.36. The Hall–Kier alpha value is -0.900. The van der Waals surface area contributed by atoms with Crippen LogP contribution in [0.25, 0.3) is 0 Å². The molecule has 2 aliphatic heterocycles. The molecule has 2 saturated heterocycles. The molecular weight excluding hydrogens is 431 g/mol. The van der Waals surface area contributed by atoms with Gasteiger partial charge in [-0.05, 0) is 32.1 Å². The Kier molecular flexibility index (Phi) is 8.94. The molecule has 25 heavy (non-hydrogen) atoms. The molecule has 7 nitrogen and oxygen atoms in total. The maximum Gasteiger partial charge on any atom is 0.194 e. The zero-order valence-electron chi connectivity index (χ0n) is 15.2. The van der Waals surface area contributed by atoms with Gasteiger partial charge in [0.25, 0.3) is 0 Å². The van der Waals surface area contributed by atoms with Gasteiger partial charge in [-0.25, -0.2) is 0 Å². The average molecular weight is 462 g/mol. The fraction of sp³-hybridized carbons (Fsp3) is 0.824. The van der Waals surface area contributed by atoms with Crippen molar-refractivity contribution >= 4 is 29.9 Å². The van der Waals surface area contributed by atoms with Gasteiger partial charge in [0, 0.05) is 39.2 Å². The Bertz CT molecular complexity index is 523. The first kappa shape index (κ1) is 20.4. The van der Waals surface area contributed by atoms with E-state index < -0.39 is 0 Å². The summed E-state index contributed by atoms with van der Waals surface area (Å²) in [6, 6.07) is 0. The average Bonchev–Trinajstić information content (AvgIpc) is 3.30. The fourth-order valence-electron chi connectivity index (χ4n) is 3.36. The molecule has 8 heteroatoms. The summed E-state index contributed by atoms with van der Waals surface area (Å²) < 4.78 is 7.92. The van der Waals surface area contributed by atoms with Crippen LogP contribution < -0.4 is 5.32 Å². The lowest BCUT2D eigenvalue weighted by molar-refractivity contribution is 0.0223. The Labute approximate surface area is 167 Å². The topological polar surface area (TPSA) is 67.6 Å². The third-order valence-electron chi connectivity index (χ3n) is 4.77. The first-order chi connectivity index (χ1) is 11.9. The monoisotopic (exact) mass is 462 g/mol. The maximum atomic E-state index is 5.81. The minimum absolute atomic E-state index is 0. The van der Waals surface area contributed by atoms with Crippen molar-refractivity contribution in [3.05, 3.63) is 12.2 Å². The predicted octanol–water partition coefficient (Wildman–Crippen LogP) is 2.07. The van der Waals surface area contributed by atoms with E-state index >= 15 is 0 Å². The molecule has 0 aliphatic carbocycles. The van der Waals surface area contributed by atoms with Gasteiger partial charge < -0.3 is 19.5 Å². The van der Waals surface area contributed by atoms with Gasteiger partial charge in [0.2, 0.25) is 0 Å². The Morgan fingerprint density at radius 1 is 1.32 bits per heavy atom. The third kappa shape index (κ3) is 6.09. The maximum absolute atomic E-state index is 5.81. The second-order valence-corrected chi connectivity index (χ2v) is 6.57. The van der Waals surface area contributed by atoms with Crippen molar-refractivity contribution in [2.45, 2.75) is 58.1 Å². The van der Waals surface area contributed by atoms with E-state index in [1.807, 2.05) is 6.33 Å². The SMILES string of the molecule is CCc1nncn1CCNC(=NCC1CCCCO1)N1CCCC1.I. The molecule has 0 aromatic carbocycles. The second-order valence-electron chi connectivity index (χ2n) is 6.57. The van der Waals surface area contributed by atoms with E-state index in [-0.39, 0.29) is 24.0 Å². The Morgan fingerprint density at radius 2 is 2.16 bits per heavy atom. The summed E-state index contributed by atoms with van der Waals surface area (Å²) in [4.78, 5) is 7.23. The molecule has 0 bridgehead atoms. The van der Waals surface area contributed by atoms with Crippen molar-refractivity contribution < 1.29 is 4.74 Å². The highest BCUT2D eigenvalue weighted by Gasteiger charge is 2.18. The molecule has 3 heterocycles. The zero-order valence-corrected chi connectivity index (χ0v) is 17.5. The Morgan fingerprint density at radius 3 is 2.88 bits per heavy atom. The van der Waals surface area contributed by atoms with Crippen LogP contribution in [-0.2, 0) is 17.7 Å². The van der Waals surface area contributed by atoms with Crippen LogP contribution in [0.4, 0.5) is 0 Å². The summed E-state index contributed by atoms with van der Waals surface area (Å²) in [7, 11) is 0. The lowest BCUT2D eigenvalue weighted by Gasteiger charge is -2.24. The van der Waals surface area contributed by atoms with Crippen LogP contribution in [0.15, 0.2) is 11.3 Å². The lowest BCUT2D eigenvalue weighted by Crippen LogP contribution is -2.41. The van der Waals surface area contributed by atoms with E-state index in [0.717, 1.165) is 64.0 Å². The van der Waals surface area contributed by atoms with Crippen LogP contribution in [0.3, 0.4) is 0 Å². The van der Waals surface area contributed by atoms with E-state index in [1.54, 1.807) is 0 Å². The number of nitrogens with zero attached hydrogens (tertiary/aromatic N) is 5. The van der Waals surface area contributed by atoms with Gasteiger partial charge in [0.05, 0.1) is 12.6 Å². The minimum atomic E-state index is 0. The number of aromatic nitrogens is 3. The van der Waals surface area contributed by atoms with Crippen molar-refractivity contribution in [1.29, 1.82) is 0 Å². The van der Waals surface area contributed by atoms with Gasteiger partial charge in [-0.3, -0.25) is 4.99 Å². The highest BCUT2D eigenvalue weighted by molar-refractivity contribution is 14.0. The zero-order chi connectivity index (χ0) is 16.6. The summed E-state index contributed by atoms with van der Waals surface area (Å²) in [5.74, 6) is 2.07. The number of hydrogen-bond acceptors (Lipinski definition) is 4. The van der Waals surface area contributed by atoms with Gasteiger partial charge >= 0.3 is 0 Å². The van der Waals surface area contributed by atoms with Crippen LogP contribution in [0.1, 0.15) is 44.9 Å². The van der Waals surface area contributed by atoms with Crippen LogP contribution in [0.5, 0.6) is 0 Å². The molecular formula is C17H31IN6O. The lowest BCUT2D eigenvalue weighted by atomic mass is 10.1. The highest BCUT2D eigenvalue weighted by Crippen LogP contribution is 2.13. The van der Waals surface area contributed by atoms with E-state index in [2.05, 4.69) is 31.9 Å². The molecule has 2 fully saturated rings. The number of ether oxygens (including phenoxy) is 1. The van der Waals surface area contributed by atoms with Gasteiger partial charge in [0.15, 0.2) is 5.96 Å². The van der Waals surface area contributed by atoms with Crippen molar-refractivity contribution in [3.8, 4) is 0 Å². The second kappa shape index (κ2) is 10.9. The molecule has 0 saturated carbocycles. The largest absolute Gasteiger partial charge is 0.376 e. The molecule has 1 aromatic heterocycles. The highest BCUT2D eigenvalue weighted by atomic mass is 127. The summed E-state index contributed by atoms with van der Waals surface area (Å²) in [6.45, 7) is 7.67. The third-order valence-corrected chi connectivity index (χ3v) is 4.77. The van der Waals surface area contributed by atoms with Crippen LogP contribution in [-0.4, -0.2) is 64.5 Å². The molecule has 0 spiro atoms. The first-order valence-corrected chi connectivity index (χ1v) is 9.38. The number of rotatable bonds is 6. The van der Waals surface area contributed by atoms with Crippen molar-refractivity contribution in [1.82, 2.24) is 25.0 Å². The molecule has 3 rings (SSSR count). The number of guanidine groups is 1. The number of likely N-dealkylation sites (tertiary alicyclic amines) is 1. The summed E-state index contributed by atoms with van der Waals surface area (Å²) in [6.07, 6.45) is 9.11. The van der Waals surface area contributed by atoms with Gasteiger partial charge in [-0.1, -0.05) is 6.92 Å². The summed E-state index contributed by atoms with van der Waals surface area (Å²) in [5, 5.41) is 11.7. The van der Waals surface area contributed by atoms with E-state index in [4.69, 9.17) is 9.73 Å². The predicted molar refractivity (Wildman–Crippen MR) is 110 cm³/mol. The van der Waals surface area contributed by atoms with E-state index in [0.29, 0.717) is 6.10 Å². The molecule has 1 aromatic rings. The minimum Gasteiger partial charge on any atom is -0.376 e. The molecule has 1 N–H and O–H groups in total. The number of nitrogens with one attached hydrogen (secondary N) is 1. The van der Waals surface area contributed by atoms with Crippen LogP contribution >= 0.6 is 24.0 Å². The van der Waals surface area contributed by atoms with Crippen molar-refractivity contribution in [3.63, 3.8) is 0 Å². The standard InChI is InChI=1S/C17H30N6O.HI/c1-2-16-21-20-14-23(16)11-8-18-17(22-9-4-5-10-22)19-13-15-7-3-6-12-24-15;/h14-15H,2-13H2,1H3,(H,18,19);1H. The number of aliphatic imine (C=N–C) groups is 1. The van der Waals surface area contributed by atoms with Crippen LogP contribution in [0, 0.1) is 0 Å². The summed E-state index contributed by atoms with van der Waals surface area (Å²) in [5.41, 5.74) is 0. The molecule has 1 unspecified atom stereocenters. The van der Waals surface area contributed by atoms with Crippen molar-refractivity contribution in [2.75, 3.05) is 32.8 Å². The Balaban J connectivity index is 0.00000225. The van der Waals surface area contributed by atoms with Gasteiger partial charge in [-0.15, -0.1) is 34.2 Å². The van der Waals surface area contributed by atoms with E-state index in [9.17, 15) is 0 Å². The smallest absolute Gasteiger partial charge is 0.194 e. The molecule has 1 atom stereocenters. The molecule has 0 radical (unpaired) electrons. The quantitative estimate of drug-likeness (QED) is 0.399. The van der Waals surface area contributed by atoms with Gasteiger partial charge in [-0.2, -0.15) is 0 Å². The number of halogens is 1. The molecule has 142 valence electrons. The molecule has 2 aliphatic rings. The van der Waals surface area contributed by atoms with Crippen LogP contribution in [0.2, 0.25) is 0 Å². The molecule has 0 amide bonds. The summed E-state index contributed by atoms with van der Waals surface area (Å²) >= 11 is 0. The normalized spacial score (nSPS) is 21.2. The number of aryl methyl sites for hydroxylation is 1. The number of hydrogen-bond donors (Lipinski definition) is 1.